The lowest BCUT2D eigenvalue weighted by Gasteiger charge is -2.28. The largest absolute Gasteiger partial charge is 0.273 e. The molecule has 0 saturated carbocycles. The van der Waals surface area contributed by atoms with Crippen molar-refractivity contribution < 1.29 is 9.63 Å². The van der Waals surface area contributed by atoms with Crippen LogP contribution in [-0.4, -0.2) is 23.6 Å². The Morgan fingerprint density at radius 2 is 1.68 bits per heavy atom. The molecule has 1 unspecified atom stereocenters. The number of nitrogens with zero attached hydrogens (tertiary/aromatic N) is 1. The Hall–Kier alpha value is -0.830. The standard InChI is InChI=1S/C19H35NO2/c1-4-22-20-18(3)16-17(2)14-12-10-8-6-5-7-9-11-13-15-19(20)21/h14,18H,4-13,15-16H2,1-3H3/b17-14-. The molecular formula is C19H35NO2. The van der Waals surface area contributed by atoms with Crippen LogP contribution in [0.1, 0.15) is 91.4 Å². The summed E-state index contributed by atoms with van der Waals surface area (Å²) in [6, 6.07) is 0.122. The first kappa shape index (κ1) is 19.2. The molecule has 1 rings (SSSR count). The summed E-state index contributed by atoms with van der Waals surface area (Å²) in [5.41, 5.74) is 1.37. The third-order valence-electron chi connectivity index (χ3n) is 4.37. The maximum absolute atomic E-state index is 12.4. The van der Waals surface area contributed by atoms with Crippen molar-refractivity contribution in [2.75, 3.05) is 6.61 Å². The van der Waals surface area contributed by atoms with Gasteiger partial charge < -0.3 is 0 Å². The van der Waals surface area contributed by atoms with E-state index in [9.17, 15) is 4.79 Å². The molecule has 1 atom stereocenters. The quantitative estimate of drug-likeness (QED) is 0.639. The van der Waals surface area contributed by atoms with Crippen LogP contribution < -0.4 is 0 Å². The van der Waals surface area contributed by atoms with Crippen LogP contribution in [0.3, 0.4) is 0 Å². The number of hydrogen-bond donors (Lipinski definition) is 0. The zero-order valence-corrected chi connectivity index (χ0v) is 14.9. The minimum atomic E-state index is 0.122. The van der Waals surface area contributed by atoms with Crippen LogP contribution in [0.15, 0.2) is 11.6 Å². The van der Waals surface area contributed by atoms with Crippen molar-refractivity contribution in [1.29, 1.82) is 0 Å². The third kappa shape index (κ3) is 7.98. The van der Waals surface area contributed by atoms with Gasteiger partial charge in [-0.25, -0.2) is 5.06 Å². The summed E-state index contributed by atoms with van der Waals surface area (Å²) in [6.07, 6.45) is 15.1. The highest BCUT2D eigenvalue weighted by Crippen LogP contribution is 2.17. The SMILES string of the molecule is CCON1C(=O)CCCCCCCCCC/C=C(/C)CC1C. The molecular weight excluding hydrogens is 274 g/mol. The Labute approximate surface area is 137 Å². The van der Waals surface area contributed by atoms with Crippen molar-refractivity contribution in [2.24, 2.45) is 0 Å². The van der Waals surface area contributed by atoms with Gasteiger partial charge in [0.05, 0.1) is 12.6 Å². The van der Waals surface area contributed by atoms with Crippen LogP contribution in [0.4, 0.5) is 0 Å². The normalized spacial score (nSPS) is 26.5. The molecule has 0 aromatic rings. The molecule has 1 amide bonds. The Bertz CT molecular complexity index is 338. The lowest BCUT2D eigenvalue weighted by molar-refractivity contribution is -0.196. The Morgan fingerprint density at radius 1 is 1.09 bits per heavy atom. The predicted octanol–water partition coefficient (Wildman–Crippen LogP) is 5.41. The van der Waals surface area contributed by atoms with Gasteiger partial charge >= 0.3 is 0 Å². The van der Waals surface area contributed by atoms with E-state index in [2.05, 4.69) is 19.9 Å². The van der Waals surface area contributed by atoms with Crippen molar-refractivity contribution in [2.45, 2.75) is 97.4 Å². The van der Waals surface area contributed by atoms with Crippen LogP contribution in [-0.2, 0) is 9.63 Å². The molecule has 1 aliphatic rings. The average molecular weight is 309 g/mol. The molecule has 0 aromatic heterocycles. The summed E-state index contributed by atoms with van der Waals surface area (Å²) in [7, 11) is 0. The fourth-order valence-electron chi connectivity index (χ4n) is 3.16. The van der Waals surface area contributed by atoms with Gasteiger partial charge in [0.2, 0.25) is 5.91 Å². The maximum atomic E-state index is 12.4. The minimum absolute atomic E-state index is 0.122. The highest BCUT2D eigenvalue weighted by atomic mass is 16.7. The second-order valence-electron chi connectivity index (χ2n) is 6.61. The monoisotopic (exact) mass is 309 g/mol. The molecule has 3 nitrogen and oxygen atoms in total. The van der Waals surface area contributed by atoms with Gasteiger partial charge in [0.15, 0.2) is 0 Å². The van der Waals surface area contributed by atoms with Gasteiger partial charge in [-0.2, -0.15) is 0 Å². The number of carbonyl (C=O) groups excluding carboxylic acids is 1. The molecule has 1 heterocycles. The molecule has 0 spiro atoms. The topological polar surface area (TPSA) is 29.5 Å². The average Bonchev–Trinajstić information content (AvgIpc) is 2.48. The Kier molecular flexibility index (Phi) is 10.2. The van der Waals surface area contributed by atoms with Crippen LogP contribution in [0.2, 0.25) is 0 Å². The molecule has 1 aliphatic heterocycles. The number of hydrogen-bond acceptors (Lipinski definition) is 2. The van der Waals surface area contributed by atoms with Crippen molar-refractivity contribution in [3.05, 3.63) is 11.6 Å². The van der Waals surface area contributed by atoms with Gasteiger partial charge in [0.25, 0.3) is 0 Å². The molecule has 0 radical (unpaired) electrons. The number of rotatable bonds is 2. The fraction of sp³-hybridized carbons (Fsp3) is 0.842. The zero-order valence-electron chi connectivity index (χ0n) is 14.9. The highest BCUT2D eigenvalue weighted by molar-refractivity contribution is 5.75. The van der Waals surface area contributed by atoms with E-state index in [0.717, 1.165) is 12.8 Å². The van der Waals surface area contributed by atoms with E-state index in [1.54, 1.807) is 5.06 Å². The van der Waals surface area contributed by atoms with E-state index < -0.39 is 0 Å². The lowest BCUT2D eigenvalue weighted by atomic mass is 10.0. The van der Waals surface area contributed by atoms with Crippen molar-refractivity contribution in [3.63, 3.8) is 0 Å². The van der Waals surface area contributed by atoms with Crippen LogP contribution in [0.5, 0.6) is 0 Å². The van der Waals surface area contributed by atoms with Gasteiger partial charge in [0.1, 0.15) is 0 Å². The molecule has 3 heteroatoms. The molecule has 0 saturated heterocycles. The summed E-state index contributed by atoms with van der Waals surface area (Å²) < 4.78 is 0. The van der Waals surface area contributed by atoms with Crippen molar-refractivity contribution in [1.82, 2.24) is 5.06 Å². The van der Waals surface area contributed by atoms with Gasteiger partial charge in [-0.15, -0.1) is 0 Å². The first-order valence-electron chi connectivity index (χ1n) is 9.25. The number of allylic oxidation sites excluding steroid dienone is 1. The summed E-state index contributed by atoms with van der Waals surface area (Å²) in [4.78, 5) is 18.0. The highest BCUT2D eigenvalue weighted by Gasteiger charge is 2.20. The van der Waals surface area contributed by atoms with Crippen molar-refractivity contribution >= 4 is 5.91 Å². The van der Waals surface area contributed by atoms with Gasteiger partial charge in [-0.05, 0) is 46.5 Å². The Morgan fingerprint density at radius 3 is 2.32 bits per heavy atom. The van der Waals surface area contributed by atoms with Gasteiger partial charge in [0, 0.05) is 6.42 Å². The molecule has 0 N–H and O–H groups in total. The second-order valence-corrected chi connectivity index (χ2v) is 6.61. The molecule has 0 bridgehead atoms. The van der Waals surface area contributed by atoms with Crippen molar-refractivity contribution in [3.8, 4) is 0 Å². The van der Waals surface area contributed by atoms with E-state index in [-0.39, 0.29) is 11.9 Å². The lowest BCUT2D eigenvalue weighted by Crippen LogP contribution is -2.38. The molecule has 0 fully saturated rings. The van der Waals surface area contributed by atoms with E-state index >= 15 is 0 Å². The van der Waals surface area contributed by atoms with E-state index in [1.807, 2.05) is 6.92 Å². The smallest absolute Gasteiger partial charge is 0.246 e. The van der Waals surface area contributed by atoms with Crippen LogP contribution >= 0.6 is 0 Å². The van der Waals surface area contributed by atoms with Crippen LogP contribution in [0, 0.1) is 0 Å². The minimum Gasteiger partial charge on any atom is -0.273 e. The fourth-order valence-corrected chi connectivity index (χ4v) is 3.16. The predicted molar refractivity (Wildman–Crippen MR) is 92.5 cm³/mol. The molecule has 0 aliphatic carbocycles. The van der Waals surface area contributed by atoms with E-state index in [4.69, 9.17) is 4.84 Å². The summed E-state index contributed by atoms with van der Waals surface area (Å²) in [6.45, 7) is 6.77. The third-order valence-corrected chi connectivity index (χ3v) is 4.37. The summed E-state index contributed by atoms with van der Waals surface area (Å²) in [5.74, 6) is 0.147. The van der Waals surface area contributed by atoms with Gasteiger partial charge in [-0.1, -0.05) is 50.2 Å². The zero-order chi connectivity index (χ0) is 16.2. The molecule has 0 aromatic carbocycles. The number of carbonyl (C=O) groups is 1. The summed E-state index contributed by atoms with van der Waals surface area (Å²) >= 11 is 0. The van der Waals surface area contributed by atoms with Gasteiger partial charge in [-0.3, -0.25) is 9.63 Å². The second kappa shape index (κ2) is 11.7. The van der Waals surface area contributed by atoms with E-state index in [0.29, 0.717) is 13.0 Å². The number of amides is 1. The first-order chi connectivity index (χ1) is 10.6. The van der Waals surface area contributed by atoms with E-state index in [1.165, 1.54) is 56.9 Å². The first-order valence-corrected chi connectivity index (χ1v) is 9.25. The summed E-state index contributed by atoms with van der Waals surface area (Å²) in [5, 5.41) is 1.63. The Balaban J connectivity index is 2.63. The molecule has 128 valence electrons. The van der Waals surface area contributed by atoms with Crippen LogP contribution in [0.25, 0.3) is 0 Å². The number of hydroxylamine groups is 2. The maximum Gasteiger partial charge on any atom is 0.246 e. The molecule has 22 heavy (non-hydrogen) atoms.